The molecule has 1 aromatic rings. The Labute approximate surface area is 193 Å². The molecule has 2 rings (SSSR count). The number of nitrogens with one attached hydrogen (secondary N) is 1. The Hall–Kier alpha value is -2.62. The van der Waals surface area contributed by atoms with Gasteiger partial charge >= 0.3 is 0 Å². The largest absolute Gasteiger partial charge is 0.497 e. The number of nitriles is 1. The lowest BCUT2D eigenvalue weighted by Gasteiger charge is -2.39. The summed E-state index contributed by atoms with van der Waals surface area (Å²) in [6.07, 6.45) is 4.50. The third kappa shape index (κ3) is 5.99. The number of Topliss-reactive ketones (excluding diaryl/α,β-unsaturated/α-hetero) is 1. The van der Waals surface area contributed by atoms with Crippen molar-refractivity contribution in [3.63, 3.8) is 0 Å². The Balaban J connectivity index is 2.53. The highest BCUT2D eigenvalue weighted by molar-refractivity contribution is 6.74. The van der Waals surface area contributed by atoms with Gasteiger partial charge in [-0.25, -0.2) is 0 Å². The van der Waals surface area contributed by atoms with E-state index in [4.69, 9.17) is 9.16 Å². The molecule has 1 aliphatic carbocycles. The number of carbonyl (C=O) groups excluding carboxylic acids is 1. The third-order valence-corrected chi connectivity index (χ3v) is 10.9. The highest BCUT2D eigenvalue weighted by Gasteiger charge is 2.40. The first-order valence-corrected chi connectivity index (χ1v) is 14.0. The summed E-state index contributed by atoms with van der Waals surface area (Å²) < 4.78 is 11.9. The molecule has 0 bridgehead atoms. The SMILES string of the molecule is COc1ccc(N/C=C2C(=O)/C(C)=C\CC/C(C#N)=C\2C(C)O[Si](C)(C)C(C)(C)C)cc1. The summed E-state index contributed by atoms with van der Waals surface area (Å²) in [5.74, 6) is 0.673. The van der Waals surface area contributed by atoms with Crippen molar-refractivity contribution >= 4 is 19.8 Å². The van der Waals surface area contributed by atoms with Crippen LogP contribution < -0.4 is 10.1 Å². The van der Waals surface area contributed by atoms with E-state index < -0.39 is 8.32 Å². The molecule has 1 atom stereocenters. The molecule has 0 heterocycles. The molecule has 0 aromatic heterocycles. The number of nitrogens with zero attached hydrogens (tertiary/aromatic N) is 1. The van der Waals surface area contributed by atoms with Gasteiger partial charge in [0.05, 0.1) is 19.3 Å². The zero-order valence-corrected chi connectivity index (χ0v) is 21.6. The number of rotatable bonds is 6. The standard InChI is InChI=1S/C26H36N2O3Si/c1-18-10-9-11-20(16-27)24(19(2)31-32(7,8)26(3,4)5)23(25(18)29)17-28-21-12-14-22(30-6)15-13-21/h10,12-15,17,19,28H,9,11H2,1-8H3/b18-10-,23-17-,24-20+. The van der Waals surface area contributed by atoms with Crippen molar-refractivity contribution in [3.8, 4) is 11.8 Å². The minimum Gasteiger partial charge on any atom is -0.497 e. The number of ether oxygens (including phenoxy) is 1. The predicted molar refractivity (Wildman–Crippen MR) is 133 cm³/mol. The Morgan fingerprint density at radius 2 is 1.84 bits per heavy atom. The van der Waals surface area contributed by atoms with Crippen molar-refractivity contribution < 1.29 is 14.0 Å². The van der Waals surface area contributed by atoms with Crippen LogP contribution in [0, 0.1) is 11.3 Å². The molecule has 1 N–H and O–H groups in total. The van der Waals surface area contributed by atoms with Crippen LogP contribution in [0.4, 0.5) is 5.69 Å². The van der Waals surface area contributed by atoms with E-state index in [9.17, 15) is 10.1 Å². The maximum absolute atomic E-state index is 13.4. The van der Waals surface area contributed by atoms with Gasteiger partial charge in [0.25, 0.3) is 0 Å². The molecule has 0 saturated heterocycles. The van der Waals surface area contributed by atoms with Crippen molar-refractivity contribution in [3.05, 3.63) is 58.8 Å². The van der Waals surface area contributed by atoms with Gasteiger partial charge < -0.3 is 14.5 Å². The monoisotopic (exact) mass is 452 g/mol. The Morgan fingerprint density at radius 1 is 1.22 bits per heavy atom. The van der Waals surface area contributed by atoms with E-state index in [0.717, 1.165) is 11.4 Å². The fraction of sp³-hybridized carbons (Fsp3) is 0.462. The first kappa shape index (κ1) is 25.6. The van der Waals surface area contributed by atoms with Gasteiger partial charge in [-0.15, -0.1) is 0 Å². The van der Waals surface area contributed by atoms with Gasteiger partial charge in [-0.3, -0.25) is 4.79 Å². The molecule has 0 amide bonds. The van der Waals surface area contributed by atoms with Crippen LogP contribution in [0.1, 0.15) is 47.5 Å². The predicted octanol–water partition coefficient (Wildman–Crippen LogP) is 6.53. The second kappa shape index (κ2) is 10.3. The summed E-state index contributed by atoms with van der Waals surface area (Å²) in [6.45, 7) is 14.7. The quantitative estimate of drug-likeness (QED) is 0.392. The number of hydrogen-bond acceptors (Lipinski definition) is 5. The molecule has 0 aliphatic heterocycles. The lowest BCUT2D eigenvalue weighted by molar-refractivity contribution is -0.112. The Morgan fingerprint density at radius 3 is 2.38 bits per heavy atom. The van der Waals surface area contributed by atoms with Crippen LogP contribution in [0.3, 0.4) is 0 Å². The fourth-order valence-electron chi connectivity index (χ4n) is 3.40. The smallest absolute Gasteiger partial charge is 0.192 e. The van der Waals surface area contributed by atoms with Gasteiger partial charge in [0.15, 0.2) is 14.1 Å². The lowest BCUT2D eigenvalue weighted by atomic mass is 9.87. The van der Waals surface area contributed by atoms with E-state index in [1.807, 2.05) is 44.2 Å². The average molecular weight is 453 g/mol. The normalized spacial score (nSPS) is 21.8. The molecular formula is C26H36N2O3Si. The van der Waals surface area contributed by atoms with E-state index in [-0.39, 0.29) is 16.9 Å². The topological polar surface area (TPSA) is 71.3 Å². The second-order valence-electron chi connectivity index (χ2n) is 9.71. The zero-order valence-electron chi connectivity index (χ0n) is 20.6. The molecule has 0 radical (unpaired) electrons. The first-order chi connectivity index (χ1) is 14.9. The third-order valence-electron chi connectivity index (χ3n) is 6.36. The molecule has 1 aliphatic rings. The number of methoxy groups -OCH3 is 1. The average Bonchev–Trinajstić information content (AvgIpc) is 2.72. The minimum absolute atomic E-state index is 0.0152. The first-order valence-electron chi connectivity index (χ1n) is 11.0. The molecule has 6 heteroatoms. The van der Waals surface area contributed by atoms with Crippen LogP contribution >= 0.6 is 0 Å². The van der Waals surface area contributed by atoms with E-state index >= 15 is 0 Å². The zero-order chi connectivity index (χ0) is 24.1. The Kier molecular flexibility index (Phi) is 8.27. The number of hydrogen-bond donors (Lipinski definition) is 1. The van der Waals surface area contributed by atoms with Crippen LogP contribution in [0.25, 0.3) is 0 Å². The van der Waals surface area contributed by atoms with E-state index in [1.165, 1.54) is 0 Å². The summed E-state index contributed by atoms with van der Waals surface area (Å²) in [5, 5.41) is 13.2. The molecule has 0 saturated carbocycles. The van der Waals surface area contributed by atoms with Crippen LogP contribution in [0.5, 0.6) is 5.75 Å². The summed E-state index contributed by atoms with van der Waals surface area (Å²) in [4.78, 5) is 13.4. The van der Waals surface area contributed by atoms with Crippen molar-refractivity contribution in [2.45, 2.75) is 71.7 Å². The van der Waals surface area contributed by atoms with Crippen LogP contribution in [0.2, 0.25) is 18.1 Å². The number of carbonyl (C=O) groups is 1. The molecule has 1 aromatic carbocycles. The minimum atomic E-state index is -2.12. The van der Waals surface area contributed by atoms with Crippen molar-refractivity contribution in [1.29, 1.82) is 5.26 Å². The van der Waals surface area contributed by atoms with E-state index in [1.54, 1.807) is 13.3 Å². The molecule has 1 unspecified atom stereocenters. The van der Waals surface area contributed by atoms with Gasteiger partial charge in [0.1, 0.15) is 5.75 Å². The van der Waals surface area contributed by atoms with Gasteiger partial charge in [-0.2, -0.15) is 5.26 Å². The molecular weight excluding hydrogens is 416 g/mol. The van der Waals surface area contributed by atoms with Gasteiger partial charge in [-0.1, -0.05) is 26.8 Å². The van der Waals surface area contributed by atoms with Crippen LogP contribution in [0.15, 0.2) is 58.8 Å². The number of allylic oxidation sites excluding steroid dienone is 3. The number of anilines is 1. The summed E-state index contributed by atoms with van der Waals surface area (Å²) >= 11 is 0. The number of benzene rings is 1. The van der Waals surface area contributed by atoms with Crippen LogP contribution in [-0.2, 0) is 9.22 Å². The molecule has 0 spiro atoms. The molecule has 0 fully saturated rings. The van der Waals surface area contributed by atoms with Crippen LogP contribution in [-0.4, -0.2) is 27.3 Å². The summed E-state index contributed by atoms with van der Waals surface area (Å²) in [5.41, 5.74) is 3.29. The van der Waals surface area contributed by atoms with Gasteiger partial charge in [-0.05, 0) is 74.7 Å². The summed E-state index contributed by atoms with van der Waals surface area (Å²) in [6, 6.07) is 9.83. The van der Waals surface area contributed by atoms with Gasteiger partial charge in [0, 0.05) is 28.6 Å². The molecule has 32 heavy (non-hydrogen) atoms. The van der Waals surface area contributed by atoms with Crippen molar-refractivity contribution in [2.75, 3.05) is 12.4 Å². The highest BCUT2D eigenvalue weighted by atomic mass is 28.4. The van der Waals surface area contributed by atoms with E-state index in [0.29, 0.717) is 35.1 Å². The summed E-state index contributed by atoms with van der Waals surface area (Å²) in [7, 11) is -0.498. The maximum atomic E-state index is 13.4. The Bertz CT molecular complexity index is 974. The lowest BCUT2D eigenvalue weighted by Crippen LogP contribution is -2.44. The second-order valence-corrected chi connectivity index (χ2v) is 14.5. The molecule has 172 valence electrons. The maximum Gasteiger partial charge on any atom is 0.192 e. The van der Waals surface area contributed by atoms with Crippen molar-refractivity contribution in [1.82, 2.24) is 0 Å². The highest BCUT2D eigenvalue weighted by Crippen LogP contribution is 2.39. The van der Waals surface area contributed by atoms with E-state index in [2.05, 4.69) is 45.3 Å². The molecule has 5 nitrogen and oxygen atoms in total. The van der Waals surface area contributed by atoms with Crippen molar-refractivity contribution in [2.24, 2.45) is 0 Å². The number of ketones is 1. The van der Waals surface area contributed by atoms with Gasteiger partial charge in [0.2, 0.25) is 0 Å². The fourth-order valence-corrected chi connectivity index (χ4v) is 4.76.